The Kier molecular flexibility index (Phi) is 3.63. The number of hydrogen-bond donors (Lipinski definition) is 1. The summed E-state index contributed by atoms with van der Waals surface area (Å²) in [5, 5.41) is 0.281. The molecule has 4 heteroatoms. The van der Waals surface area contributed by atoms with Crippen LogP contribution in [0.25, 0.3) is 0 Å². The van der Waals surface area contributed by atoms with Crippen molar-refractivity contribution in [1.29, 1.82) is 0 Å². The molecule has 2 N–H and O–H groups in total. The molecule has 0 aromatic carbocycles. The standard InChI is InChI=1S/C9H12ClFN2/c1-2-3-8(12)6-4-9(10)13-5-7(6)11/h4-5,8H,2-3,12H2,1H3/t8-/m1/s1. The molecule has 0 fully saturated rings. The van der Waals surface area contributed by atoms with Gasteiger partial charge in [-0.05, 0) is 12.5 Å². The van der Waals surface area contributed by atoms with Crippen molar-refractivity contribution in [1.82, 2.24) is 4.98 Å². The third-order valence-corrected chi connectivity index (χ3v) is 2.06. The van der Waals surface area contributed by atoms with Crippen LogP contribution >= 0.6 is 11.6 Å². The molecule has 1 aromatic rings. The van der Waals surface area contributed by atoms with E-state index < -0.39 is 0 Å². The van der Waals surface area contributed by atoms with Gasteiger partial charge in [0.2, 0.25) is 0 Å². The lowest BCUT2D eigenvalue weighted by Crippen LogP contribution is -2.12. The molecule has 0 amide bonds. The highest BCUT2D eigenvalue weighted by Crippen LogP contribution is 2.20. The predicted octanol–water partition coefficient (Wildman–Crippen LogP) is 2.67. The van der Waals surface area contributed by atoms with E-state index in [-0.39, 0.29) is 17.0 Å². The molecule has 0 aliphatic heterocycles. The molecule has 13 heavy (non-hydrogen) atoms. The van der Waals surface area contributed by atoms with E-state index in [4.69, 9.17) is 17.3 Å². The highest BCUT2D eigenvalue weighted by atomic mass is 35.5. The van der Waals surface area contributed by atoms with Crippen molar-refractivity contribution in [3.63, 3.8) is 0 Å². The predicted molar refractivity (Wildman–Crippen MR) is 51.0 cm³/mol. The molecule has 0 aliphatic rings. The van der Waals surface area contributed by atoms with Gasteiger partial charge in [0.15, 0.2) is 0 Å². The van der Waals surface area contributed by atoms with Crippen LogP contribution < -0.4 is 5.73 Å². The second-order valence-electron chi connectivity index (χ2n) is 2.92. The fourth-order valence-electron chi connectivity index (χ4n) is 1.18. The summed E-state index contributed by atoms with van der Waals surface area (Å²) in [5.41, 5.74) is 6.19. The Morgan fingerprint density at radius 3 is 3.00 bits per heavy atom. The molecule has 1 heterocycles. The van der Waals surface area contributed by atoms with E-state index in [2.05, 4.69) is 4.98 Å². The van der Waals surface area contributed by atoms with Crippen LogP contribution in [0.5, 0.6) is 0 Å². The average molecular weight is 203 g/mol. The lowest BCUT2D eigenvalue weighted by Gasteiger charge is -2.11. The largest absolute Gasteiger partial charge is 0.324 e. The first-order valence-corrected chi connectivity index (χ1v) is 4.59. The van der Waals surface area contributed by atoms with Gasteiger partial charge in [-0.3, -0.25) is 0 Å². The fraction of sp³-hybridized carbons (Fsp3) is 0.444. The number of pyridine rings is 1. The molecule has 0 unspecified atom stereocenters. The van der Waals surface area contributed by atoms with Crippen molar-refractivity contribution in [3.05, 3.63) is 28.8 Å². The summed E-state index contributed by atoms with van der Waals surface area (Å²) in [5.74, 6) is -0.384. The minimum atomic E-state index is -0.384. The molecule has 1 rings (SSSR count). The Labute approximate surface area is 81.9 Å². The van der Waals surface area contributed by atoms with E-state index in [9.17, 15) is 4.39 Å². The molecule has 2 nitrogen and oxygen atoms in total. The number of aromatic nitrogens is 1. The summed E-state index contributed by atoms with van der Waals surface area (Å²) in [4.78, 5) is 3.62. The zero-order valence-electron chi connectivity index (χ0n) is 7.43. The van der Waals surface area contributed by atoms with E-state index >= 15 is 0 Å². The Bertz CT molecular complexity index is 291. The monoisotopic (exact) mass is 202 g/mol. The van der Waals surface area contributed by atoms with Gasteiger partial charge >= 0.3 is 0 Å². The summed E-state index contributed by atoms with van der Waals surface area (Å²) in [7, 11) is 0. The number of halogens is 2. The van der Waals surface area contributed by atoms with Crippen LogP contribution in [0.15, 0.2) is 12.3 Å². The van der Waals surface area contributed by atoms with E-state index in [1.165, 1.54) is 6.07 Å². The normalized spacial score (nSPS) is 12.9. The summed E-state index contributed by atoms with van der Waals surface area (Å²) < 4.78 is 13.1. The van der Waals surface area contributed by atoms with E-state index in [1.807, 2.05) is 6.92 Å². The molecule has 1 atom stereocenters. The lowest BCUT2D eigenvalue weighted by molar-refractivity contribution is 0.555. The average Bonchev–Trinajstić information content (AvgIpc) is 2.09. The fourth-order valence-corrected chi connectivity index (χ4v) is 1.34. The molecular formula is C9H12ClFN2. The molecule has 72 valence electrons. The van der Waals surface area contributed by atoms with Crippen molar-refractivity contribution < 1.29 is 4.39 Å². The first kappa shape index (κ1) is 10.4. The van der Waals surface area contributed by atoms with Gasteiger partial charge in [-0.1, -0.05) is 24.9 Å². The first-order valence-electron chi connectivity index (χ1n) is 4.21. The van der Waals surface area contributed by atoms with Crippen molar-refractivity contribution in [2.24, 2.45) is 5.73 Å². The Hall–Kier alpha value is -0.670. The first-order chi connectivity index (χ1) is 6.15. The van der Waals surface area contributed by atoms with Crippen molar-refractivity contribution in [2.75, 3.05) is 0 Å². The Morgan fingerprint density at radius 1 is 1.69 bits per heavy atom. The Balaban J connectivity index is 2.91. The summed E-state index contributed by atoms with van der Waals surface area (Å²) in [6.45, 7) is 2.00. The Morgan fingerprint density at radius 2 is 2.38 bits per heavy atom. The number of rotatable bonds is 3. The minimum absolute atomic E-state index is 0.281. The molecule has 0 spiro atoms. The van der Waals surface area contributed by atoms with Gasteiger partial charge in [0.25, 0.3) is 0 Å². The van der Waals surface area contributed by atoms with E-state index in [0.717, 1.165) is 19.0 Å². The van der Waals surface area contributed by atoms with Gasteiger partial charge in [-0.2, -0.15) is 0 Å². The highest BCUT2D eigenvalue weighted by molar-refractivity contribution is 6.29. The third-order valence-electron chi connectivity index (χ3n) is 1.85. The second-order valence-corrected chi connectivity index (χ2v) is 3.31. The van der Waals surface area contributed by atoms with Crippen LogP contribution in [-0.2, 0) is 0 Å². The second kappa shape index (κ2) is 4.53. The van der Waals surface area contributed by atoms with Gasteiger partial charge < -0.3 is 5.73 Å². The molecule has 0 saturated heterocycles. The van der Waals surface area contributed by atoms with Crippen LogP contribution in [-0.4, -0.2) is 4.98 Å². The van der Waals surface area contributed by atoms with Crippen LogP contribution in [0.4, 0.5) is 4.39 Å². The van der Waals surface area contributed by atoms with Gasteiger partial charge in [0.1, 0.15) is 11.0 Å². The zero-order chi connectivity index (χ0) is 9.84. The van der Waals surface area contributed by atoms with E-state index in [1.54, 1.807) is 0 Å². The SMILES string of the molecule is CCC[C@@H](N)c1cc(Cl)ncc1F. The van der Waals surface area contributed by atoms with E-state index in [0.29, 0.717) is 5.56 Å². The van der Waals surface area contributed by atoms with Crippen molar-refractivity contribution >= 4 is 11.6 Å². The highest BCUT2D eigenvalue weighted by Gasteiger charge is 2.11. The zero-order valence-corrected chi connectivity index (χ0v) is 8.18. The van der Waals surface area contributed by atoms with Crippen LogP contribution in [0, 0.1) is 5.82 Å². The van der Waals surface area contributed by atoms with Gasteiger partial charge in [0.05, 0.1) is 6.20 Å². The van der Waals surface area contributed by atoms with Crippen LogP contribution in [0.3, 0.4) is 0 Å². The van der Waals surface area contributed by atoms with Gasteiger partial charge in [0, 0.05) is 11.6 Å². The number of hydrogen-bond acceptors (Lipinski definition) is 2. The summed E-state index contributed by atoms with van der Waals surface area (Å²) >= 11 is 5.63. The summed E-state index contributed by atoms with van der Waals surface area (Å²) in [6, 6.07) is 1.20. The van der Waals surface area contributed by atoms with Gasteiger partial charge in [-0.25, -0.2) is 9.37 Å². The minimum Gasteiger partial charge on any atom is -0.324 e. The van der Waals surface area contributed by atoms with Crippen molar-refractivity contribution in [3.8, 4) is 0 Å². The quantitative estimate of drug-likeness (QED) is 0.766. The molecule has 0 bridgehead atoms. The summed E-state index contributed by atoms with van der Waals surface area (Å²) in [6.07, 6.45) is 2.77. The molecular weight excluding hydrogens is 191 g/mol. The maximum atomic E-state index is 13.1. The topological polar surface area (TPSA) is 38.9 Å². The molecule has 0 saturated carbocycles. The van der Waals surface area contributed by atoms with Crippen LogP contribution in [0.2, 0.25) is 5.15 Å². The molecule has 0 radical (unpaired) electrons. The maximum Gasteiger partial charge on any atom is 0.146 e. The lowest BCUT2D eigenvalue weighted by atomic mass is 10.0. The number of nitrogens with two attached hydrogens (primary N) is 1. The molecule has 0 aliphatic carbocycles. The van der Waals surface area contributed by atoms with Crippen molar-refractivity contribution in [2.45, 2.75) is 25.8 Å². The van der Waals surface area contributed by atoms with Crippen LogP contribution in [0.1, 0.15) is 31.4 Å². The maximum absolute atomic E-state index is 13.1. The third kappa shape index (κ3) is 2.64. The van der Waals surface area contributed by atoms with Gasteiger partial charge in [-0.15, -0.1) is 0 Å². The number of nitrogens with zero attached hydrogens (tertiary/aromatic N) is 1. The smallest absolute Gasteiger partial charge is 0.146 e. The molecule has 1 aromatic heterocycles.